The zero-order valence-electron chi connectivity index (χ0n) is 22.0. The van der Waals surface area contributed by atoms with Gasteiger partial charge in [-0.15, -0.1) is 6.58 Å². The molecule has 0 saturated carbocycles. The highest BCUT2D eigenvalue weighted by Gasteiger charge is 2.16. The van der Waals surface area contributed by atoms with Gasteiger partial charge in [-0.05, 0) is 79.6 Å². The predicted molar refractivity (Wildman–Crippen MR) is 151 cm³/mol. The Morgan fingerprint density at radius 2 is 1.62 bits per heavy atom. The van der Waals surface area contributed by atoms with Gasteiger partial charge < -0.3 is 20.1 Å². The van der Waals surface area contributed by atoms with Crippen LogP contribution in [-0.4, -0.2) is 41.7 Å². The molecular formula is C31H31N3O5. The standard InChI is InChI=1S/C31H31N3O5/c1-4-17-34(20-23-7-6-8-26(19-23)30(36)38-5-2)29(35)21(3)18-22-9-11-25(12-10-22)31(37)39-27-15-13-24(14-16-27)28(32)33/h4,6-16,18-19H,1,5,17,20H2,2-3H3,(H3,32,33)/b21-18+. The van der Waals surface area contributed by atoms with Gasteiger partial charge in [0.2, 0.25) is 5.91 Å². The molecule has 0 unspecified atom stereocenters. The van der Waals surface area contributed by atoms with E-state index in [0.29, 0.717) is 41.1 Å². The smallest absolute Gasteiger partial charge is 0.343 e. The monoisotopic (exact) mass is 525 g/mol. The number of nitrogen functional groups attached to an aromatic ring is 1. The fourth-order valence-corrected chi connectivity index (χ4v) is 3.75. The summed E-state index contributed by atoms with van der Waals surface area (Å²) >= 11 is 0. The molecule has 0 fully saturated rings. The van der Waals surface area contributed by atoms with Gasteiger partial charge in [0.25, 0.3) is 0 Å². The lowest BCUT2D eigenvalue weighted by molar-refractivity contribution is -0.127. The summed E-state index contributed by atoms with van der Waals surface area (Å²) in [6.07, 6.45) is 3.39. The number of esters is 2. The predicted octanol–water partition coefficient (Wildman–Crippen LogP) is 4.98. The third-order valence-corrected chi connectivity index (χ3v) is 5.69. The van der Waals surface area contributed by atoms with Crippen LogP contribution in [0.1, 0.15) is 51.3 Å². The molecule has 0 aliphatic rings. The lowest BCUT2D eigenvalue weighted by Gasteiger charge is -2.22. The molecule has 1 amide bonds. The quantitative estimate of drug-likeness (QED) is 0.0909. The molecule has 39 heavy (non-hydrogen) atoms. The number of amidine groups is 1. The Bertz CT molecular complexity index is 1390. The number of nitrogens with one attached hydrogen (secondary N) is 1. The summed E-state index contributed by atoms with van der Waals surface area (Å²) in [5.41, 5.74) is 8.79. The normalized spacial score (nSPS) is 10.9. The third-order valence-electron chi connectivity index (χ3n) is 5.69. The van der Waals surface area contributed by atoms with Crippen LogP contribution >= 0.6 is 0 Å². The van der Waals surface area contributed by atoms with Gasteiger partial charge in [-0.25, -0.2) is 9.59 Å². The first kappa shape index (κ1) is 28.6. The molecule has 0 spiro atoms. The molecule has 3 aromatic carbocycles. The first-order valence-corrected chi connectivity index (χ1v) is 12.3. The van der Waals surface area contributed by atoms with Gasteiger partial charge in [-0.2, -0.15) is 0 Å². The maximum Gasteiger partial charge on any atom is 0.343 e. The SMILES string of the molecule is C=CCN(Cc1cccc(C(=O)OCC)c1)C(=O)/C(C)=C/c1ccc(C(=O)Oc2ccc(C(=N)N)cc2)cc1. The molecule has 0 atom stereocenters. The van der Waals surface area contributed by atoms with Crippen LogP contribution < -0.4 is 10.5 Å². The van der Waals surface area contributed by atoms with E-state index in [2.05, 4.69) is 6.58 Å². The number of rotatable bonds is 11. The summed E-state index contributed by atoms with van der Waals surface area (Å²) in [7, 11) is 0. The summed E-state index contributed by atoms with van der Waals surface area (Å²) in [5.74, 6) is -0.855. The van der Waals surface area contributed by atoms with E-state index in [1.165, 1.54) is 0 Å². The number of hydrogen-bond donors (Lipinski definition) is 2. The van der Waals surface area contributed by atoms with Crippen molar-refractivity contribution in [2.75, 3.05) is 13.2 Å². The Balaban J connectivity index is 1.68. The zero-order chi connectivity index (χ0) is 28.4. The molecule has 0 heterocycles. The number of nitrogens with two attached hydrogens (primary N) is 1. The number of ether oxygens (including phenoxy) is 2. The van der Waals surface area contributed by atoms with Crippen LogP contribution in [0.5, 0.6) is 5.75 Å². The van der Waals surface area contributed by atoms with Crippen molar-refractivity contribution in [3.05, 3.63) is 119 Å². The highest BCUT2D eigenvalue weighted by molar-refractivity contribution is 5.98. The zero-order valence-corrected chi connectivity index (χ0v) is 22.0. The van der Waals surface area contributed by atoms with Gasteiger partial charge in [-0.3, -0.25) is 10.2 Å². The van der Waals surface area contributed by atoms with Crippen molar-refractivity contribution in [1.82, 2.24) is 4.90 Å². The van der Waals surface area contributed by atoms with E-state index in [1.807, 2.05) is 6.07 Å². The van der Waals surface area contributed by atoms with Crippen molar-refractivity contribution in [3.63, 3.8) is 0 Å². The number of carbonyl (C=O) groups is 3. The third kappa shape index (κ3) is 8.00. The number of hydrogen-bond acceptors (Lipinski definition) is 6. The number of benzene rings is 3. The van der Waals surface area contributed by atoms with Gasteiger partial charge in [0, 0.05) is 24.2 Å². The second-order valence-electron chi connectivity index (χ2n) is 8.67. The summed E-state index contributed by atoms with van der Waals surface area (Å²) < 4.78 is 10.4. The molecule has 3 aromatic rings. The van der Waals surface area contributed by atoms with Crippen LogP contribution in [0.4, 0.5) is 0 Å². The highest BCUT2D eigenvalue weighted by Crippen LogP contribution is 2.17. The molecule has 0 aliphatic heterocycles. The molecular weight excluding hydrogens is 494 g/mol. The molecule has 0 aromatic heterocycles. The van der Waals surface area contributed by atoms with Crippen molar-refractivity contribution < 1.29 is 23.9 Å². The Hall–Kier alpha value is -4.98. The lowest BCUT2D eigenvalue weighted by atomic mass is 10.1. The highest BCUT2D eigenvalue weighted by atomic mass is 16.5. The van der Waals surface area contributed by atoms with Crippen LogP contribution in [0.15, 0.2) is 91.0 Å². The van der Waals surface area contributed by atoms with Crippen LogP contribution in [-0.2, 0) is 16.1 Å². The maximum atomic E-state index is 13.2. The van der Waals surface area contributed by atoms with Crippen LogP contribution in [0.25, 0.3) is 6.08 Å². The molecule has 0 saturated heterocycles. The van der Waals surface area contributed by atoms with E-state index in [4.69, 9.17) is 20.6 Å². The Morgan fingerprint density at radius 3 is 2.23 bits per heavy atom. The number of amides is 1. The molecule has 3 rings (SSSR count). The minimum absolute atomic E-state index is 0.0684. The van der Waals surface area contributed by atoms with Gasteiger partial charge >= 0.3 is 11.9 Å². The van der Waals surface area contributed by atoms with E-state index in [0.717, 1.165) is 11.1 Å². The van der Waals surface area contributed by atoms with Gasteiger partial charge in [-0.1, -0.05) is 30.3 Å². The van der Waals surface area contributed by atoms with E-state index in [9.17, 15) is 14.4 Å². The Morgan fingerprint density at radius 1 is 0.949 bits per heavy atom. The molecule has 0 radical (unpaired) electrons. The lowest BCUT2D eigenvalue weighted by Crippen LogP contribution is -2.31. The summed E-state index contributed by atoms with van der Waals surface area (Å²) in [5, 5.41) is 7.43. The molecule has 0 aliphatic carbocycles. The van der Waals surface area contributed by atoms with Crippen LogP contribution in [0.3, 0.4) is 0 Å². The number of carbonyl (C=O) groups excluding carboxylic acids is 3. The largest absolute Gasteiger partial charge is 0.462 e. The maximum absolute atomic E-state index is 13.2. The van der Waals surface area contributed by atoms with E-state index < -0.39 is 11.9 Å². The van der Waals surface area contributed by atoms with Gasteiger partial charge in [0.1, 0.15) is 11.6 Å². The van der Waals surface area contributed by atoms with Crippen molar-refractivity contribution in [3.8, 4) is 5.75 Å². The van der Waals surface area contributed by atoms with Crippen molar-refractivity contribution >= 4 is 29.8 Å². The second kappa shape index (κ2) is 13.5. The van der Waals surface area contributed by atoms with E-state index in [1.54, 1.807) is 97.6 Å². The number of nitrogens with zero attached hydrogens (tertiary/aromatic N) is 1. The summed E-state index contributed by atoms with van der Waals surface area (Å²) in [6, 6.07) is 20.1. The summed E-state index contributed by atoms with van der Waals surface area (Å²) in [4.78, 5) is 39.4. The van der Waals surface area contributed by atoms with Gasteiger partial charge in [0.15, 0.2) is 0 Å². The fraction of sp³-hybridized carbons (Fsp3) is 0.161. The van der Waals surface area contributed by atoms with Crippen molar-refractivity contribution in [2.24, 2.45) is 5.73 Å². The minimum Gasteiger partial charge on any atom is -0.462 e. The molecule has 200 valence electrons. The Kier molecular flexibility index (Phi) is 9.92. The van der Waals surface area contributed by atoms with Crippen LogP contribution in [0.2, 0.25) is 0 Å². The molecule has 8 heteroatoms. The average Bonchev–Trinajstić information content (AvgIpc) is 2.93. The molecule has 0 bridgehead atoms. The van der Waals surface area contributed by atoms with Crippen LogP contribution in [0, 0.1) is 5.41 Å². The fourth-order valence-electron chi connectivity index (χ4n) is 3.75. The molecule has 3 N–H and O–H groups in total. The average molecular weight is 526 g/mol. The van der Waals surface area contributed by atoms with Crippen molar-refractivity contribution in [1.29, 1.82) is 5.41 Å². The van der Waals surface area contributed by atoms with E-state index >= 15 is 0 Å². The first-order chi connectivity index (χ1) is 18.7. The van der Waals surface area contributed by atoms with E-state index in [-0.39, 0.29) is 18.3 Å². The topological polar surface area (TPSA) is 123 Å². The Labute approximate surface area is 227 Å². The van der Waals surface area contributed by atoms with Crippen molar-refractivity contribution in [2.45, 2.75) is 20.4 Å². The second-order valence-corrected chi connectivity index (χ2v) is 8.67. The minimum atomic E-state index is -0.531. The molecule has 8 nitrogen and oxygen atoms in total. The first-order valence-electron chi connectivity index (χ1n) is 12.3. The summed E-state index contributed by atoms with van der Waals surface area (Å²) in [6.45, 7) is 8.13. The van der Waals surface area contributed by atoms with Gasteiger partial charge in [0.05, 0.1) is 17.7 Å².